The van der Waals surface area contributed by atoms with Gasteiger partial charge in [-0.15, -0.1) is 0 Å². The van der Waals surface area contributed by atoms with Crippen LogP contribution in [-0.4, -0.2) is 20.7 Å². The molecule has 21 heavy (non-hydrogen) atoms. The molecule has 2 rings (SSSR count). The molecule has 5 nitrogen and oxygen atoms in total. The van der Waals surface area contributed by atoms with Gasteiger partial charge >= 0.3 is 0 Å². The predicted molar refractivity (Wildman–Crippen MR) is 87.0 cm³/mol. The third-order valence-corrected chi connectivity index (χ3v) is 3.50. The van der Waals surface area contributed by atoms with Gasteiger partial charge in [-0.2, -0.15) is 5.10 Å². The molecule has 1 aromatic heterocycles. The highest BCUT2D eigenvalue weighted by Gasteiger charge is 2.23. The summed E-state index contributed by atoms with van der Waals surface area (Å²) in [7, 11) is 1.80. The molecular weight excluding hydrogens is 284 g/mol. The van der Waals surface area contributed by atoms with Crippen LogP contribution in [0, 0.1) is 12.8 Å². The lowest BCUT2D eigenvalue weighted by atomic mass is 9.98. The highest BCUT2D eigenvalue weighted by atomic mass is 32.1. The van der Waals surface area contributed by atoms with Crippen molar-refractivity contribution in [3.05, 3.63) is 47.8 Å². The molecule has 2 aromatic rings. The van der Waals surface area contributed by atoms with Crippen LogP contribution in [0.1, 0.15) is 11.3 Å². The van der Waals surface area contributed by atoms with Crippen molar-refractivity contribution in [1.82, 2.24) is 9.78 Å². The first kappa shape index (κ1) is 15.2. The fourth-order valence-corrected chi connectivity index (χ4v) is 2.30. The van der Waals surface area contributed by atoms with E-state index < -0.39 is 5.92 Å². The third kappa shape index (κ3) is 3.88. The fraction of sp³-hybridized carbons (Fsp3) is 0.267. The molecule has 1 aromatic carbocycles. The van der Waals surface area contributed by atoms with E-state index in [0.717, 1.165) is 11.3 Å². The van der Waals surface area contributed by atoms with Crippen molar-refractivity contribution in [3.63, 3.8) is 0 Å². The molecule has 0 aliphatic carbocycles. The van der Waals surface area contributed by atoms with Crippen molar-refractivity contribution in [2.45, 2.75) is 13.3 Å². The molecule has 1 atom stereocenters. The molecule has 1 amide bonds. The summed E-state index contributed by atoms with van der Waals surface area (Å²) in [6.07, 6.45) is 2.24. The summed E-state index contributed by atoms with van der Waals surface area (Å²) < 4.78 is 1.65. The second kappa shape index (κ2) is 6.49. The molecule has 0 bridgehead atoms. The van der Waals surface area contributed by atoms with Gasteiger partial charge in [-0.05, 0) is 18.9 Å². The minimum absolute atomic E-state index is 0.192. The second-order valence-electron chi connectivity index (χ2n) is 4.94. The van der Waals surface area contributed by atoms with Crippen LogP contribution in [-0.2, 0) is 18.3 Å². The minimum Gasteiger partial charge on any atom is -0.393 e. The number of nitrogens with one attached hydrogen (secondary N) is 1. The molecule has 0 radical (unpaired) electrons. The van der Waals surface area contributed by atoms with Crippen molar-refractivity contribution in [2.24, 2.45) is 18.7 Å². The van der Waals surface area contributed by atoms with Crippen LogP contribution in [0.2, 0.25) is 0 Å². The SMILES string of the molecule is Cc1nn(C)cc1NC(=O)C(Cc1ccccc1)C(N)=S. The molecule has 6 heteroatoms. The summed E-state index contributed by atoms with van der Waals surface area (Å²) in [6.45, 7) is 1.84. The number of rotatable bonds is 5. The number of carbonyl (C=O) groups excluding carboxylic acids is 1. The molecule has 0 aliphatic rings. The van der Waals surface area contributed by atoms with Crippen molar-refractivity contribution in [3.8, 4) is 0 Å². The number of aryl methyl sites for hydroxylation is 2. The lowest BCUT2D eigenvalue weighted by molar-refractivity contribution is -0.118. The van der Waals surface area contributed by atoms with Crippen molar-refractivity contribution in [1.29, 1.82) is 0 Å². The van der Waals surface area contributed by atoms with Crippen molar-refractivity contribution in [2.75, 3.05) is 5.32 Å². The first-order valence-corrected chi connectivity index (χ1v) is 7.02. The molecule has 0 saturated carbocycles. The molecule has 0 fully saturated rings. The Morgan fingerprint density at radius 3 is 2.62 bits per heavy atom. The van der Waals surface area contributed by atoms with Gasteiger partial charge in [-0.3, -0.25) is 9.48 Å². The maximum atomic E-state index is 12.4. The maximum absolute atomic E-state index is 12.4. The van der Waals surface area contributed by atoms with Crippen LogP contribution < -0.4 is 11.1 Å². The molecule has 0 aliphatic heterocycles. The zero-order valence-corrected chi connectivity index (χ0v) is 12.9. The van der Waals surface area contributed by atoms with E-state index >= 15 is 0 Å². The summed E-state index contributed by atoms with van der Waals surface area (Å²) in [4.78, 5) is 12.6. The number of carbonyl (C=O) groups is 1. The van der Waals surface area contributed by atoms with Crippen LogP contribution >= 0.6 is 12.2 Å². The van der Waals surface area contributed by atoms with Gasteiger partial charge in [0.05, 0.1) is 22.3 Å². The van der Waals surface area contributed by atoms with Crippen molar-refractivity contribution < 1.29 is 4.79 Å². The van der Waals surface area contributed by atoms with E-state index in [1.807, 2.05) is 37.3 Å². The first-order chi connectivity index (χ1) is 9.97. The standard InChI is InChI=1S/C15H18N4OS/c1-10-13(9-19(2)18-10)17-15(20)12(14(16)21)8-11-6-4-3-5-7-11/h3-7,9,12H,8H2,1-2H3,(H2,16,21)(H,17,20). The molecule has 110 valence electrons. The van der Waals surface area contributed by atoms with Crippen LogP contribution in [0.3, 0.4) is 0 Å². The van der Waals surface area contributed by atoms with E-state index in [0.29, 0.717) is 12.1 Å². The van der Waals surface area contributed by atoms with Gasteiger partial charge in [0.15, 0.2) is 0 Å². The Morgan fingerprint density at radius 1 is 1.43 bits per heavy atom. The van der Waals surface area contributed by atoms with E-state index in [1.165, 1.54) is 0 Å². The lowest BCUT2D eigenvalue weighted by Crippen LogP contribution is -2.34. The van der Waals surface area contributed by atoms with Crippen LogP contribution in [0.5, 0.6) is 0 Å². The zero-order valence-electron chi connectivity index (χ0n) is 12.0. The van der Waals surface area contributed by atoms with Crippen LogP contribution in [0.4, 0.5) is 5.69 Å². The first-order valence-electron chi connectivity index (χ1n) is 6.61. The van der Waals surface area contributed by atoms with Crippen LogP contribution in [0.15, 0.2) is 36.5 Å². The van der Waals surface area contributed by atoms with Gasteiger partial charge in [-0.25, -0.2) is 0 Å². The molecule has 3 N–H and O–H groups in total. The monoisotopic (exact) mass is 302 g/mol. The number of hydrogen-bond donors (Lipinski definition) is 2. The number of benzene rings is 1. The highest BCUT2D eigenvalue weighted by molar-refractivity contribution is 7.80. The molecule has 0 saturated heterocycles. The average Bonchev–Trinajstić information content (AvgIpc) is 2.75. The van der Waals surface area contributed by atoms with E-state index in [9.17, 15) is 4.79 Å². The Morgan fingerprint density at radius 2 is 2.10 bits per heavy atom. The normalized spacial score (nSPS) is 11.9. The Labute approximate surface area is 129 Å². The summed E-state index contributed by atoms with van der Waals surface area (Å²) >= 11 is 5.04. The van der Waals surface area contributed by atoms with Gasteiger partial charge in [0.1, 0.15) is 0 Å². The smallest absolute Gasteiger partial charge is 0.234 e. The Balaban J connectivity index is 2.13. The zero-order chi connectivity index (χ0) is 15.4. The molecular formula is C15H18N4OS. The Bertz CT molecular complexity index is 651. The Kier molecular flexibility index (Phi) is 4.70. The summed E-state index contributed by atoms with van der Waals surface area (Å²) in [5, 5.41) is 7.03. The number of nitrogens with zero attached hydrogens (tertiary/aromatic N) is 2. The average molecular weight is 302 g/mol. The number of thiocarbonyl (C=S) groups is 1. The molecule has 1 unspecified atom stereocenters. The number of hydrogen-bond acceptors (Lipinski definition) is 3. The third-order valence-electron chi connectivity index (χ3n) is 3.21. The number of anilines is 1. The second-order valence-corrected chi connectivity index (χ2v) is 5.41. The molecule has 1 heterocycles. The van der Waals surface area contributed by atoms with E-state index in [2.05, 4.69) is 10.4 Å². The lowest BCUT2D eigenvalue weighted by Gasteiger charge is -2.15. The number of nitrogens with two attached hydrogens (primary N) is 1. The topological polar surface area (TPSA) is 72.9 Å². The van der Waals surface area contributed by atoms with E-state index in [1.54, 1.807) is 17.9 Å². The maximum Gasteiger partial charge on any atom is 0.234 e. The van der Waals surface area contributed by atoms with E-state index in [-0.39, 0.29) is 10.9 Å². The number of aromatic nitrogens is 2. The van der Waals surface area contributed by atoms with Gasteiger partial charge in [-0.1, -0.05) is 42.5 Å². The quantitative estimate of drug-likeness (QED) is 0.826. The Hall–Kier alpha value is -2.21. The van der Waals surface area contributed by atoms with Gasteiger partial charge in [0, 0.05) is 13.2 Å². The van der Waals surface area contributed by atoms with Gasteiger partial charge < -0.3 is 11.1 Å². The van der Waals surface area contributed by atoms with Gasteiger partial charge in [0.2, 0.25) is 5.91 Å². The summed E-state index contributed by atoms with van der Waals surface area (Å²) in [5.74, 6) is -0.746. The van der Waals surface area contributed by atoms with Crippen molar-refractivity contribution >= 4 is 28.8 Å². The largest absolute Gasteiger partial charge is 0.393 e. The fourth-order valence-electron chi connectivity index (χ4n) is 2.11. The summed E-state index contributed by atoms with van der Waals surface area (Å²) in [5.41, 5.74) is 8.19. The molecule has 0 spiro atoms. The predicted octanol–water partition coefficient (Wildman–Crippen LogP) is 1.81. The minimum atomic E-state index is -0.540. The van der Waals surface area contributed by atoms with Crippen LogP contribution in [0.25, 0.3) is 0 Å². The van der Waals surface area contributed by atoms with E-state index in [4.69, 9.17) is 18.0 Å². The number of amides is 1. The van der Waals surface area contributed by atoms with Gasteiger partial charge in [0.25, 0.3) is 0 Å². The summed E-state index contributed by atoms with van der Waals surface area (Å²) in [6, 6.07) is 9.68. The highest BCUT2D eigenvalue weighted by Crippen LogP contribution is 2.16.